The highest BCUT2D eigenvalue weighted by Crippen LogP contribution is 2.36. The number of fused-ring (bicyclic) bond motifs is 1. The molecule has 1 atom stereocenters. The van der Waals surface area contributed by atoms with Crippen LogP contribution in [0.4, 0.5) is 11.4 Å². The molecule has 2 rings (SSSR count). The van der Waals surface area contributed by atoms with Crippen molar-refractivity contribution in [2.75, 3.05) is 30.4 Å². The second-order valence-electron chi connectivity index (χ2n) is 4.13. The molecule has 1 aromatic carbocycles. The number of aliphatic hydroxyl groups excluding tert-OH is 1. The van der Waals surface area contributed by atoms with Crippen LogP contribution in [0.25, 0.3) is 0 Å². The topological polar surface area (TPSA) is 61.8 Å². The van der Waals surface area contributed by atoms with Gasteiger partial charge in [-0.15, -0.1) is 0 Å². The standard InChI is InChI=1S/C13H18N2O3/c1-3-15-10-8-9(14-2)4-5-11(10)18-12(6-7-16)13(15)17/h4-5,8,12,14,16H,3,6-7H2,1-2H3. The number of nitrogens with zero attached hydrogens (tertiary/aromatic N) is 1. The zero-order chi connectivity index (χ0) is 13.1. The Morgan fingerprint density at radius 1 is 1.50 bits per heavy atom. The number of carbonyl (C=O) groups is 1. The van der Waals surface area contributed by atoms with E-state index in [1.54, 1.807) is 4.90 Å². The van der Waals surface area contributed by atoms with Gasteiger partial charge in [0.2, 0.25) is 0 Å². The van der Waals surface area contributed by atoms with Gasteiger partial charge in [0.05, 0.1) is 5.69 Å². The molecule has 18 heavy (non-hydrogen) atoms. The maximum absolute atomic E-state index is 12.2. The molecule has 1 aromatic rings. The molecule has 1 unspecified atom stereocenters. The minimum atomic E-state index is -0.581. The molecular weight excluding hydrogens is 232 g/mol. The summed E-state index contributed by atoms with van der Waals surface area (Å²) in [6.07, 6.45) is -0.259. The van der Waals surface area contributed by atoms with Gasteiger partial charge in [0.15, 0.2) is 6.10 Å². The average Bonchev–Trinajstić information content (AvgIpc) is 2.39. The SMILES string of the molecule is CCN1C(=O)C(CCO)Oc2ccc(NC)cc21. The van der Waals surface area contributed by atoms with Crippen molar-refractivity contribution < 1.29 is 14.6 Å². The van der Waals surface area contributed by atoms with Crippen molar-refractivity contribution in [2.24, 2.45) is 0 Å². The van der Waals surface area contributed by atoms with Crippen molar-refractivity contribution >= 4 is 17.3 Å². The summed E-state index contributed by atoms with van der Waals surface area (Å²) in [5, 5.41) is 12.0. The van der Waals surface area contributed by atoms with Crippen molar-refractivity contribution in [1.82, 2.24) is 0 Å². The second kappa shape index (κ2) is 5.27. The molecule has 1 amide bonds. The molecule has 5 heteroatoms. The summed E-state index contributed by atoms with van der Waals surface area (Å²) in [6.45, 7) is 2.46. The van der Waals surface area contributed by atoms with E-state index in [1.807, 2.05) is 32.2 Å². The normalized spacial score (nSPS) is 18.3. The number of benzene rings is 1. The van der Waals surface area contributed by atoms with E-state index in [-0.39, 0.29) is 12.5 Å². The number of rotatable bonds is 4. The Labute approximate surface area is 106 Å². The van der Waals surface area contributed by atoms with Gasteiger partial charge in [-0.2, -0.15) is 0 Å². The van der Waals surface area contributed by atoms with Crippen LogP contribution >= 0.6 is 0 Å². The van der Waals surface area contributed by atoms with Crippen LogP contribution in [0.3, 0.4) is 0 Å². The molecule has 0 radical (unpaired) electrons. The molecule has 0 fully saturated rings. The molecule has 0 aliphatic carbocycles. The Kier molecular flexibility index (Phi) is 3.72. The number of ether oxygens (including phenoxy) is 1. The van der Waals surface area contributed by atoms with E-state index < -0.39 is 6.10 Å². The first kappa shape index (κ1) is 12.7. The number of hydrogen-bond donors (Lipinski definition) is 2. The first-order valence-electron chi connectivity index (χ1n) is 6.12. The number of carbonyl (C=O) groups excluding carboxylic acids is 1. The van der Waals surface area contributed by atoms with E-state index in [4.69, 9.17) is 9.84 Å². The summed E-state index contributed by atoms with van der Waals surface area (Å²) in [4.78, 5) is 13.9. The lowest BCUT2D eigenvalue weighted by Crippen LogP contribution is -2.46. The number of aliphatic hydroxyl groups is 1. The van der Waals surface area contributed by atoms with Gasteiger partial charge >= 0.3 is 0 Å². The van der Waals surface area contributed by atoms with Crippen LogP contribution in [-0.2, 0) is 4.79 Å². The van der Waals surface area contributed by atoms with Crippen molar-refractivity contribution in [2.45, 2.75) is 19.4 Å². The highest BCUT2D eigenvalue weighted by Gasteiger charge is 2.33. The van der Waals surface area contributed by atoms with Crippen LogP contribution in [0.15, 0.2) is 18.2 Å². The molecule has 0 aromatic heterocycles. The largest absolute Gasteiger partial charge is 0.478 e. The summed E-state index contributed by atoms with van der Waals surface area (Å²) in [5.41, 5.74) is 1.72. The van der Waals surface area contributed by atoms with Gasteiger partial charge < -0.3 is 20.1 Å². The van der Waals surface area contributed by atoms with Gasteiger partial charge in [0.25, 0.3) is 5.91 Å². The third kappa shape index (κ3) is 2.13. The zero-order valence-corrected chi connectivity index (χ0v) is 10.6. The first-order valence-corrected chi connectivity index (χ1v) is 6.12. The van der Waals surface area contributed by atoms with Crippen molar-refractivity contribution in [3.63, 3.8) is 0 Å². The molecule has 1 aliphatic rings. The second-order valence-corrected chi connectivity index (χ2v) is 4.13. The fraction of sp³-hybridized carbons (Fsp3) is 0.462. The Bertz CT molecular complexity index is 448. The quantitative estimate of drug-likeness (QED) is 0.843. The summed E-state index contributed by atoms with van der Waals surface area (Å²) in [7, 11) is 1.83. The van der Waals surface area contributed by atoms with Crippen LogP contribution in [0.1, 0.15) is 13.3 Å². The van der Waals surface area contributed by atoms with E-state index in [9.17, 15) is 4.79 Å². The van der Waals surface area contributed by atoms with Crippen LogP contribution in [0.2, 0.25) is 0 Å². The van der Waals surface area contributed by atoms with Gasteiger partial charge in [-0.05, 0) is 25.1 Å². The molecule has 2 N–H and O–H groups in total. The molecule has 1 aliphatic heterocycles. The summed E-state index contributed by atoms with van der Waals surface area (Å²) in [6, 6.07) is 5.64. The molecule has 0 spiro atoms. The van der Waals surface area contributed by atoms with Crippen molar-refractivity contribution in [3.05, 3.63) is 18.2 Å². The maximum atomic E-state index is 12.2. The minimum absolute atomic E-state index is 0.0576. The third-order valence-corrected chi connectivity index (χ3v) is 3.06. The molecule has 1 heterocycles. The van der Waals surface area contributed by atoms with E-state index in [1.165, 1.54) is 0 Å². The summed E-state index contributed by atoms with van der Waals surface area (Å²) >= 11 is 0. The van der Waals surface area contributed by atoms with Crippen molar-refractivity contribution in [3.8, 4) is 5.75 Å². The van der Waals surface area contributed by atoms with Crippen molar-refractivity contribution in [1.29, 1.82) is 0 Å². The highest BCUT2D eigenvalue weighted by molar-refractivity contribution is 6.00. The minimum Gasteiger partial charge on any atom is -0.478 e. The molecule has 0 bridgehead atoms. The van der Waals surface area contributed by atoms with Crippen LogP contribution < -0.4 is 15.0 Å². The first-order chi connectivity index (χ1) is 8.71. The third-order valence-electron chi connectivity index (χ3n) is 3.06. The lowest BCUT2D eigenvalue weighted by atomic mass is 10.1. The molecular formula is C13H18N2O3. The van der Waals surface area contributed by atoms with E-state index in [2.05, 4.69) is 5.32 Å². The van der Waals surface area contributed by atoms with Crippen LogP contribution in [0, 0.1) is 0 Å². The number of anilines is 2. The molecule has 98 valence electrons. The van der Waals surface area contributed by atoms with Gasteiger partial charge in [-0.3, -0.25) is 4.79 Å². The lowest BCUT2D eigenvalue weighted by molar-refractivity contribution is -0.126. The Morgan fingerprint density at radius 2 is 2.28 bits per heavy atom. The Balaban J connectivity index is 2.38. The average molecular weight is 250 g/mol. The van der Waals surface area contributed by atoms with E-state index in [0.717, 1.165) is 11.4 Å². The molecule has 0 saturated carbocycles. The van der Waals surface area contributed by atoms with Gasteiger partial charge in [0, 0.05) is 32.3 Å². The Morgan fingerprint density at radius 3 is 2.89 bits per heavy atom. The fourth-order valence-corrected chi connectivity index (χ4v) is 2.11. The van der Waals surface area contributed by atoms with Gasteiger partial charge in [-0.25, -0.2) is 0 Å². The molecule has 0 saturated heterocycles. The smallest absolute Gasteiger partial charge is 0.268 e. The van der Waals surface area contributed by atoms with Gasteiger partial charge in [-0.1, -0.05) is 0 Å². The highest BCUT2D eigenvalue weighted by atomic mass is 16.5. The monoisotopic (exact) mass is 250 g/mol. The number of nitrogens with one attached hydrogen (secondary N) is 1. The number of amides is 1. The van der Waals surface area contributed by atoms with Crippen LogP contribution in [-0.4, -0.2) is 37.3 Å². The fourth-order valence-electron chi connectivity index (χ4n) is 2.11. The lowest BCUT2D eigenvalue weighted by Gasteiger charge is -2.33. The molecule has 5 nitrogen and oxygen atoms in total. The van der Waals surface area contributed by atoms with E-state index in [0.29, 0.717) is 18.7 Å². The maximum Gasteiger partial charge on any atom is 0.268 e. The summed E-state index contributed by atoms with van der Waals surface area (Å²) in [5.74, 6) is 0.598. The zero-order valence-electron chi connectivity index (χ0n) is 10.6. The van der Waals surface area contributed by atoms with Gasteiger partial charge in [0.1, 0.15) is 5.75 Å². The predicted octanol–water partition coefficient (Wildman–Crippen LogP) is 1.22. The van der Waals surface area contributed by atoms with Crippen LogP contribution in [0.5, 0.6) is 5.75 Å². The number of likely N-dealkylation sites (N-methyl/N-ethyl adjacent to an activating group) is 1. The Hall–Kier alpha value is -1.75. The predicted molar refractivity (Wildman–Crippen MR) is 70.1 cm³/mol. The summed E-state index contributed by atoms with van der Waals surface area (Å²) < 4.78 is 5.64. The number of hydrogen-bond acceptors (Lipinski definition) is 4. The van der Waals surface area contributed by atoms with E-state index >= 15 is 0 Å².